The standard InChI is InChI=1S/C14H18N4O2/c15-13(19)11-5-2-8-18(11)14(20)9-3-1-4-10-12(9)17-7-6-16-10/h1,3-4,11,16-17H,2,5-8H2,(H2,15,19). The molecule has 2 aliphatic rings. The quantitative estimate of drug-likeness (QED) is 0.737. The van der Waals surface area contributed by atoms with E-state index in [0.29, 0.717) is 18.5 Å². The molecule has 6 nitrogen and oxygen atoms in total. The lowest BCUT2D eigenvalue weighted by Crippen LogP contribution is -2.44. The molecule has 0 aromatic heterocycles. The van der Waals surface area contributed by atoms with Crippen molar-refractivity contribution in [1.29, 1.82) is 0 Å². The molecule has 2 aliphatic heterocycles. The lowest BCUT2D eigenvalue weighted by atomic mass is 10.1. The van der Waals surface area contributed by atoms with Crippen LogP contribution in [0.5, 0.6) is 0 Å². The highest BCUT2D eigenvalue weighted by Gasteiger charge is 2.34. The van der Waals surface area contributed by atoms with Crippen molar-refractivity contribution in [2.24, 2.45) is 5.73 Å². The topological polar surface area (TPSA) is 87.5 Å². The van der Waals surface area contributed by atoms with Crippen LogP contribution in [0.25, 0.3) is 0 Å². The maximum absolute atomic E-state index is 12.7. The molecule has 106 valence electrons. The molecule has 1 aromatic rings. The van der Waals surface area contributed by atoms with Crippen LogP contribution >= 0.6 is 0 Å². The Morgan fingerprint density at radius 3 is 2.85 bits per heavy atom. The van der Waals surface area contributed by atoms with Crippen LogP contribution in [-0.2, 0) is 4.79 Å². The van der Waals surface area contributed by atoms with E-state index in [1.807, 2.05) is 12.1 Å². The van der Waals surface area contributed by atoms with Crippen molar-refractivity contribution in [1.82, 2.24) is 4.90 Å². The van der Waals surface area contributed by atoms with Crippen molar-refractivity contribution < 1.29 is 9.59 Å². The minimum atomic E-state index is -0.477. The van der Waals surface area contributed by atoms with Gasteiger partial charge in [-0.3, -0.25) is 9.59 Å². The minimum absolute atomic E-state index is 0.126. The van der Waals surface area contributed by atoms with Gasteiger partial charge in [0.2, 0.25) is 5.91 Å². The number of nitrogens with one attached hydrogen (secondary N) is 2. The second-order valence-corrected chi connectivity index (χ2v) is 5.14. The number of nitrogens with two attached hydrogens (primary N) is 1. The van der Waals surface area contributed by atoms with Crippen molar-refractivity contribution in [2.45, 2.75) is 18.9 Å². The van der Waals surface area contributed by atoms with Crippen LogP contribution in [0.4, 0.5) is 11.4 Å². The summed E-state index contributed by atoms with van der Waals surface area (Å²) in [5.74, 6) is -0.550. The molecular weight excluding hydrogens is 256 g/mol. The van der Waals surface area contributed by atoms with E-state index >= 15 is 0 Å². The normalized spacial score (nSPS) is 20.8. The van der Waals surface area contributed by atoms with E-state index in [-0.39, 0.29) is 5.91 Å². The molecule has 20 heavy (non-hydrogen) atoms. The summed E-state index contributed by atoms with van der Waals surface area (Å²) in [6.45, 7) is 2.19. The third-order valence-electron chi connectivity index (χ3n) is 3.88. The molecule has 0 bridgehead atoms. The van der Waals surface area contributed by atoms with Crippen LogP contribution in [0.15, 0.2) is 18.2 Å². The molecule has 1 fully saturated rings. The molecule has 0 radical (unpaired) electrons. The van der Waals surface area contributed by atoms with Gasteiger partial charge in [0.05, 0.1) is 16.9 Å². The maximum Gasteiger partial charge on any atom is 0.256 e. The Balaban J connectivity index is 1.93. The molecule has 2 heterocycles. The minimum Gasteiger partial charge on any atom is -0.382 e. The third kappa shape index (κ3) is 2.07. The fourth-order valence-corrected chi connectivity index (χ4v) is 2.91. The largest absolute Gasteiger partial charge is 0.382 e. The zero-order chi connectivity index (χ0) is 14.1. The van der Waals surface area contributed by atoms with Gasteiger partial charge in [-0.25, -0.2) is 0 Å². The number of para-hydroxylation sites is 1. The van der Waals surface area contributed by atoms with Crippen molar-refractivity contribution >= 4 is 23.2 Å². The Hall–Kier alpha value is -2.24. The molecule has 1 unspecified atom stereocenters. The second kappa shape index (κ2) is 5.03. The van der Waals surface area contributed by atoms with Crippen molar-refractivity contribution in [3.63, 3.8) is 0 Å². The summed E-state index contributed by atoms with van der Waals surface area (Å²) in [4.78, 5) is 25.7. The summed E-state index contributed by atoms with van der Waals surface area (Å²) in [7, 11) is 0. The van der Waals surface area contributed by atoms with Gasteiger partial charge in [0, 0.05) is 19.6 Å². The van der Waals surface area contributed by atoms with Crippen LogP contribution in [0, 0.1) is 0 Å². The van der Waals surface area contributed by atoms with Crippen LogP contribution in [0.1, 0.15) is 23.2 Å². The Morgan fingerprint density at radius 2 is 2.05 bits per heavy atom. The maximum atomic E-state index is 12.7. The summed E-state index contributed by atoms with van der Waals surface area (Å²) in [5, 5.41) is 6.51. The predicted molar refractivity (Wildman–Crippen MR) is 76.7 cm³/mol. The zero-order valence-corrected chi connectivity index (χ0v) is 11.2. The molecule has 1 saturated heterocycles. The lowest BCUT2D eigenvalue weighted by Gasteiger charge is -2.26. The molecule has 0 aliphatic carbocycles. The van der Waals surface area contributed by atoms with Crippen molar-refractivity contribution in [3.05, 3.63) is 23.8 Å². The zero-order valence-electron chi connectivity index (χ0n) is 11.2. The van der Waals surface area contributed by atoms with Gasteiger partial charge in [-0.05, 0) is 25.0 Å². The van der Waals surface area contributed by atoms with E-state index < -0.39 is 11.9 Å². The highest BCUT2D eigenvalue weighted by Crippen LogP contribution is 2.31. The van der Waals surface area contributed by atoms with Crippen LogP contribution in [-0.4, -0.2) is 42.4 Å². The second-order valence-electron chi connectivity index (χ2n) is 5.14. The Bertz CT molecular complexity index is 558. The number of carbonyl (C=O) groups excluding carboxylic acids is 2. The van der Waals surface area contributed by atoms with E-state index in [2.05, 4.69) is 10.6 Å². The van der Waals surface area contributed by atoms with Gasteiger partial charge >= 0.3 is 0 Å². The number of amides is 2. The number of likely N-dealkylation sites (tertiary alicyclic amines) is 1. The third-order valence-corrected chi connectivity index (χ3v) is 3.88. The van der Waals surface area contributed by atoms with Gasteiger partial charge in [0.15, 0.2) is 0 Å². The van der Waals surface area contributed by atoms with Gasteiger partial charge in [0.25, 0.3) is 5.91 Å². The molecule has 4 N–H and O–H groups in total. The fraction of sp³-hybridized carbons (Fsp3) is 0.429. The monoisotopic (exact) mass is 274 g/mol. The van der Waals surface area contributed by atoms with E-state index in [9.17, 15) is 9.59 Å². The van der Waals surface area contributed by atoms with E-state index in [4.69, 9.17) is 5.73 Å². The SMILES string of the molecule is NC(=O)C1CCCN1C(=O)c1cccc2c1NCCN2. The average molecular weight is 274 g/mol. The van der Waals surface area contributed by atoms with Gasteiger partial charge in [-0.1, -0.05) is 6.07 Å². The number of hydrogen-bond donors (Lipinski definition) is 3. The average Bonchev–Trinajstić information content (AvgIpc) is 2.95. The summed E-state index contributed by atoms with van der Waals surface area (Å²) in [5.41, 5.74) is 7.73. The lowest BCUT2D eigenvalue weighted by molar-refractivity contribution is -0.121. The fourth-order valence-electron chi connectivity index (χ4n) is 2.91. The summed E-state index contributed by atoms with van der Waals surface area (Å²) >= 11 is 0. The van der Waals surface area contributed by atoms with E-state index in [1.54, 1.807) is 11.0 Å². The first kappa shape index (κ1) is 12.8. The summed E-state index contributed by atoms with van der Waals surface area (Å²) in [6, 6.07) is 5.10. The molecule has 6 heteroatoms. The number of nitrogens with zero attached hydrogens (tertiary/aromatic N) is 1. The number of fused-ring (bicyclic) bond motifs is 1. The summed E-state index contributed by atoms with van der Waals surface area (Å²) in [6.07, 6.45) is 1.47. The van der Waals surface area contributed by atoms with Crippen molar-refractivity contribution in [3.8, 4) is 0 Å². The number of hydrogen-bond acceptors (Lipinski definition) is 4. The first-order chi connectivity index (χ1) is 9.68. The molecule has 3 rings (SSSR count). The molecule has 1 atom stereocenters. The number of anilines is 2. The van der Waals surface area contributed by atoms with Crippen LogP contribution in [0.3, 0.4) is 0 Å². The van der Waals surface area contributed by atoms with Crippen LogP contribution in [0.2, 0.25) is 0 Å². The number of carbonyl (C=O) groups is 2. The van der Waals surface area contributed by atoms with Crippen molar-refractivity contribution in [2.75, 3.05) is 30.3 Å². The highest BCUT2D eigenvalue weighted by atomic mass is 16.2. The predicted octanol–water partition coefficient (Wildman–Crippen LogP) is 0.614. The van der Waals surface area contributed by atoms with E-state index in [0.717, 1.165) is 30.9 Å². The van der Waals surface area contributed by atoms with Gasteiger partial charge in [0.1, 0.15) is 6.04 Å². The van der Waals surface area contributed by atoms with E-state index in [1.165, 1.54) is 0 Å². The first-order valence-electron chi connectivity index (χ1n) is 6.89. The number of rotatable bonds is 2. The Labute approximate surface area is 117 Å². The Kier molecular flexibility index (Phi) is 3.22. The number of benzene rings is 1. The first-order valence-corrected chi connectivity index (χ1v) is 6.89. The van der Waals surface area contributed by atoms with Gasteiger partial charge < -0.3 is 21.3 Å². The van der Waals surface area contributed by atoms with Gasteiger partial charge in [-0.15, -0.1) is 0 Å². The molecule has 1 aromatic carbocycles. The van der Waals surface area contributed by atoms with Gasteiger partial charge in [-0.2, -0.15) is 0 Å². The van der Waals surface area contributed by atoms with Crippen LogP contribution < -0.4 is 16.4 Å². The summed E-state index contributed by atoms with van der Waals surface area (Å²) < 4.78 is 0. The molecule has 0 spiro atoms. The highest BCUT2D eigenvalue weighted by molar-refractivity contribution is 6.04. The molecule has 0 saturated carbocycles. The number of primary amides is 1. The molecular formula is C14H18N4O2. The Morgan fingerprint density at radius 1 is 1.25 bits per heavy atom. The smallest absolute Gasteiger partial charge is 0.256 e. The molecule has 2 amide bonds.